The van der Waals surface area contributed by atoms with Crippen LogP contribution in [0.4, 0.5) is 5.88 Å². The van der Waals surface area contributed by atoms with Crippen LogP contribution in [0.3, 0.4) is 0 Å². The summed E-state index contributed by atoms with van der Waals surface area (Å²) < 4.78 is 22.2. The van der Waals surface area contributed by atoms with Gasteiger partial charge < -0.3 is 18.6 Å². The van der Waals surface area contributed by atoms with Crippen molar-refractivity contribution in [2.45, 2.75) is 6.92 Å². The predicted molar refractivity (Wildman–Crippen MR) is 131 cm³/mol. The van der Waals surface area contributed by atoms with Crippen molar-refractivity contribution < 1.29 is 28.2 Å². The second-order valence-electron chi connectivity index (χ2n) is 7.15. The van der Waals surface area contributed by atoms with Crippen molar-refractivity contribution in [3.8, 4) is 22.1 Å². The van der Waals surface area contributed by atoms with Crippen LogP contribution < -0.4 is 14.8 Å². The van der Waals surface area contributed by atoms with Gasteiger partial charge in [0, 0.05) is 6.08 Å². The molecule has 0 aliphatic heterocycles. The van der Waals surface area contributed by atoms with E-state index in [9.17, 15) is 9.59 Å². The topological polar surface area (TPSA) is 99.9 Å². The number of para-hydroxylation sites is 1. The Morgan fingerprint density at radius 1 is 1.06 bits per heavy atom. The zero-order valence-electron chi connectivity index (χ0n) is 19.0. The fourth-order valence-corrected chi connectivity index (χ4v) is 4.46. The summed E-state index contributed by atoms with van der Waals surface area (Å²) in [6.45, 7) is 1.64. The molecule has 0 saturated carbocycles. The number of carbonyl (C=O) groups is 2. The average molecular weight is 479 g/mol. The lowest BCUT2D eigenvalue weighted by molar-refractivity contribution is -0.111. The maximum Gasteiger partial charge on any atom is 0.342 e. The van der Waals surface area contributed by atoms with Gasteiger partial charge >= 0.3 is 5.97 Å². The Bertz CT molecular complexity index is 1370. The summed E-state index contributed by atoms with van der Waals surface area (Å²) in [4.78, 5) is 29.9. The minimum absolute atomic E-state index is 0.124. The monoisotopic (exact) mass is 478 g/mol. The Hall–Kier alpha value is -4.11. The summed E-state index contributed by atoms with van der Waals surface area (Å²) in [6.07, 6.45) is 2.99. The smallest absolute Gasteiger partial charge is 0.342 e. The number of esters is 1. The Labute approximate surface area is 199 Å². The van der Waals surface area contributed by atoms with Crippen LogP contribution in [0.1, 0.15) is 21.7 Å². The molecule has 8 nitrogen and oxygen atoms in total. The summed E-state index contributed by atoms with van der Waals surface area (Å²) in [7, 11) is 4.39. The number of amides is 1. The first-order valence-electron chi connectivity index (χ1n) is 10.2. The molecule has 0 radical (unpaired) electrons. The van der Waals surface area contributed by atoms with Gasteiger partial charge in [-0.2, -0.15) is 0 Å². The van der Waals surface area contributed by atoms with E-state index in [0.717, 1.165) is 15.8 Å². The number of thiazole rings is 1. The number of aromatic nitrogens is 1. The average Bonchev–Trinajstić information content (AvgIpc) is 3.42. The van der Waals surface area contributed by atoms with Gasteiger partial charge in [-0.15, -0.1) is 11.3 Å². The van der Waals surface area contributed by atoms with Gasteiger partial charge in [-0.3, -0.25) is 10.1 Å². The fourth-order valence-electron chi connectivity index (χ4n) is 3.45. The number of aryl methyl sites for hydroxylation is 1. The number of carbonyl (C=O) groups excluding carboxylic acids is 2. The van der Waals surface area contributed by atoms with Crippen LogP contribution in [-0.4, -0.2) is 38.2 Å². The Morgan fingerprint density at radius 2 is 1.82 bits per heavy atom. The highest BCUT2D eigenvalue weighted by atomic mass is 32.1. The number of benzene rings is 2. The number of anilines is 1. The van der Waals surface area contributed by atoms with Crippen LogP contribution in [0, 0.1) is 6.92 Å². The number of methoxy groups -OCH3 is 3. The molecule has 4 rings (SSSR count). The SMILES string of the molecule is COC(=O)c1c(C)oc(NC(=O)/C=C/c2ccc(OC)c(OC)c2)c1-c1nc2ccccc2s1. The molecule has 4 aromatic rings. The second kappa shape index (κ2) is 9.80. The zero-order valence-corrected chi connectivity index (χ0v) is 19.8. The fraction of sp³-hybridized carbons (Fsp3) is 0.160. The summed E-state index contributed by atoms with van der Waals surface area (Å²) >= 11 is 1.39. The lowest BCUT2D eigenvalue weighted by atomic mass is 10.1. The lowest BCUT2D eigenvalue weighted by Gasteiger charge is -2.07. The minimum Gasteiger partial charge on any atom is -0.493 e. The minimum atomic E-state index is -0.572. The largest absolute Gasteiger partial charge is 0.493 e. The van der Waals surface area contributed by atoms with Crippen molar-refractivity contribution in [1.29, 1.82) is 0 Å². The Balaban J connectivity index is 1.67. The standard InChI is InChI=1S/C25H22N2O6S/c1-14-21(25(29)32-4)22(24-26-16-7-5-6-8-19(16)34-24)23(33-14)27-20(28)12-10-15-9-11-17(30-2)18(13-15)31-3/h5-13H,1-4H3,(H,27,28)/b12-10+. The van der Waals surface area contributed by atoms with Crippen molar-refractivity contribution >= 4 is 45.4 Å². The molecule has 0 saturated heterocycles. The molecule has 1 N–H and O–H groups in total. The molecule has 2 aromatic carbocycles. The van der Waals surface area contributed by atoms with E-state index in [4.69, 9.17) is 18.6 Å². The third-order valence-corrected chi connectivity index (χ3v) is 6.11. The van der Waals surface area contributed by atoms with Crippen molar-refractivity contribution in [3.63, 3.8) is 0 Å². The van der Waals surface area contributed by atoms with Crippen molar-refractivity contribution in [2.24, 2.45) is 0 Å². The molecule has 0 aliphatic carbocycles. The van der Waals surface area contributed by atoms with Gasteiger partial charge in [0.2, 0.25) is 5.88 Å². The number of rotatable bonds is 7. The highest BCUT2D eigenvalue weighted by Gasteiger charge is 2.28. The van der Waals surface area contributed by atoms with E-state index in [2.05, 4.69) is 10.3 Å². The molecule has 9 heteroatoms. The molecule has 2 aromatic heterocycles. The van der Waals surface area contributed by atoms with Crippen LogP contribution in [0.2, 0.25) is 0 Å². The summed E-state index contributed by atoms with van der Waals surface area (Å²) in [5.41, 5.74) is 2.13. The summed E-state index contributed by atoms with van der Waals surface area (Å²) in [6, 6.07) is 12.9. The van der Waals surface area contributed by atoms with Crippen LogP contribution in [0.25, 0.3) is 26.9 Å². The molecular weight excluding hydrogens is 456 g/mol. The van der Waals surface area contributed by atoms with Gasteiger partial charge in [-0.1, -0.05) is 18.2 Å². The van der Waals surface area contributed by atoms with Gasteiger partial charge in [-0.25, -0.2) is 9.78 Å². The van der Waals surface area contributed by atoms with E-state index < -0.39 is 11.9 Å². The molecule has 2 heterocycles. The number of nitrogens with one attached hydrogen (secondary N) is 1. The highest BCUT2D eigenvalue weighted by molar-refractivity contribution is 7.21. The van der Waals surface area contributed by atoms with E-state index in [1.54, 1.807) is 45.4 Å². The van der Waals surface area contributed by atoms with Crippen molar-refractivity contribution in [3.05, 3.63) is 65.4 Å². The van der Waals surface area contributed by atoms with Gasteiger partial charge in [0.05, 0.1) is 37.1 Å². The molecule has 34 heavy (non-hydrogen) atoms. The third-order valence-electron chi connectivity index (χ3n) is 5.05. The van der Waals surface area contributed by atoms with Crippen LogP contribution >= 0.6 is 11.3 Å². The molecule has 0 unspecified atom stereocenters. The first kappa shape index (κ1) is 23.1. The summed E-state index contributed by atoms with van der Waals surface area (Å²) in [5.74, 6) is 0.567. The highest BCUT2D eigenvalue weighted by Crippen LogP contribution is 2.40. The van der Waals surface area contributed by atoms with E-state index >= 15 is 0 Å². The van der Waals surface area contributed by atoms with Crippen LogP contribution in [0.5, 0.6) is 11.5 Å². The van der Waals surface area contributed by atoms with E-state index in [0.29, 0.717) is 27.8 Å². The third kappa shape index (κ3) is 4.51. The van der Waals surface area contributed by atoms with Crippen molar-refractivity contribution in [1.82, 2.24) is 4.98 Å². The second-order valence-corrected chi connectivity index (χ2v) is 8.18. The Kier molecular flexibility index (Phi) is 6.65. The number of ether oxygens (including phenoxy) is 3. The molecule has 0 fully saturated rings. The van der Waals surface area contributed by atoms with E-state index in [1.165, 1.54) is 24.5 Å². The number of hydrogen-bond donors (Lipinski definition) is 1. The molecule has 0 spiro atoms. The normalized spacial score (nSPS) is 11.1. The summed E-state index contributed by atoms with van der Waals surface area (Å²) in [5, 5.41) is 3.26. The molecule has 0 atom stereocenters. The first-order chi connectivity index (χ1) is 16.4. The number of fused-ring (bicyclic) bond motifs is 1. The predicted octanol–water partition coefficient (Wildman–Crippen LogP) is 5.32. The quantitative estimate of drug-likeness (QED) is 0.283. The maximum absolute atomic E-state index is 12.7. The lowest BCUT2D eigenvalue weighted by Crippen LogP contribution is -2.09. The van der Waals surface area contributed by atoms with Gasteiger partial charge in [0.1, 0.15) is 16.3 Å². The van der Waals surface area contributed by atoms with Gasteiger partial charge in [-0.05, 0) is 42.8 Å². The molecule has 174 valence electrons. The van der Waals surface area contributed by atoms with Crippen LogP contribution in [-0.2, 0) is 9.53 Å². The maximum atomic E-state index is 12.7. The van der Waals surface area contributed by atoms with Crippen LogP contribution in [0.15, 0.2) is 53.0 Å². The first-order valence-corrected chi connectivity index (χ1v) is 11.1. The Morgan fingerprint density at radius 3 is 2.53 bits per heavy atom. The van der Waals surface area contributed by atoms with Gasteiger partial charge in [0.25, 0.3) is 5.91 Å². The number of hydrogen-bond acceptors (Lipinski definition) is 8. The van der Waals surface area contributed by atoms with Gasteiger partial charge in [0.15, 0.2) is 11.5 Å². The van der Waals surface area contributed by atoms with E-state index in [-0.39, 0.29) is 11.4 Å². The zero-order chi connectivity index (χ0) is 24.2. The van der Waals surface area contributed by atoms with E-state index in [1.807, 2.05) is 24.3 Å². The number of furan rings is 1. The molecule has 0 bridgehead atoms. The molecule has 0 aliphatic rings. The number of nitrogens with zero attached hydrogens (tertiary/aromatic N) is 1. The van der Waals surface area contributed by atoms with Crippen molar-refractivity contribution in [2.75, 3.05) is 26.6 Å². The molecule has 1 amide bonds. The molecular formula is C25H22N2O6S.